The lowest BCUT2D eigenvalue weighted by molar-refractivity contribution is 0.144. The summed E-state index contributed by atoms with van der Waals surface area (Å²) in [5.41, 5.74) is 7.40. The van der Waals surface area contributed by atoms with Gasteiger partial charge in [0.1, 0.15) is 5.82 Å². The monoisotopic (exact) mass is 301 g/mol. The van der Waals surface area contributed by atoms with E-state index < -0.39 is 0 Å². The van der Waals surface area contributed by atoms with Crippen molar-refractivity contribution in [3.63, 3.8) is 0 Å². The van der Waals surface area contributed by atoms with Crippen LogP contribution in [0.1, 0.15) is 13.3 Å². The first kappa shape index (κ1) is 16.0. The molecule has 4 N–H and O–H groups in total. The summed E-state index contributed by atoms with van der Waals surface area (Å²) in [5, 5.41) is 7.30. The van der Waals surface area contributed by atoms with E-state index in [1.165, 1.54) is 0 Å². The van der Waals surface area contributed by atoms with Crippen molar-refractivity contribution in [2.45, 2.75) is 13.3 Å². The molecular formula is C16H23N5O. The number of fused-ring (bicyclic) bond motifs is 1. The van der Waals surface area contributed by atoms with Crippen LogP contribution >= 0.6 is 0 Å². The minimum absolute atomic E-state index is 0.564. The Labute approximate surface area is 130 Å². The Morgan fingerprint density at radius 2 is 2.14 bits per heavy atom. The molecule has 6 heteroatoms. The number of nitrogens with one attached hydrogen (secondary N) is 2. The fourth-order valence-electron chi connectivity index (χ4n) is 2.01. The zero-order chi connectivity index (χ0) is 15.8. The highest BCUT2D eigenvalue weighted by molar-refractivity contribution is 5.92. The van der Waals surface area contributed by atoms with Crippen molar-refractivity contribution >= 4 is 28.4 Å². The molecule has 6 nitrogen and oxygen atoms in total. The van der Waals surface area contributed by atoms with E-state index in [0.29, 0.717) is 31.3 Å². The van der Waals surface area contributed by atoms with E-state index in [0.717, 1.165) is 29.7 Å². The van der Waals surface area contributed by atoms with Gasteiger partial charge >= 0.3 is 0 Å². The molecule has 0 saturated heterocycles. The lowest BCUT2D eigenvalue weighted by Gasteiger charge is -2.12. The molecule has 0 aliphatic rings. The van der Waals surface area contributed by atoms with Crippen LogP contribution in [0, 0.1) is 0 Å². The van der Waals surface area contributed by atoms with Crippen LogP contribution in [0.2, 0.25) is 0 Å². The average molecular weight is 301 g/mol. The van der Waals surface area contributed by atoms with Crippen LogP contribution in [0.5, 0.6) is 0 Å². The summed E-state index contributed by atoms with van der Waals surface area (Å²) < 4.78 is 5.48. The minimum atomic E-state index is 0.564. The van der Waals surface area contributed by atoms with E-state index in [1.807, 2.05) is 18.2 Å². The number of aromatic nitrogens is 2. The number of hydrogen-bond acceptors (Lipinski definition) is 6. The van der Waals surface area contributed by atoms with E-state index in [-0.39, 0.29) is 0 Å². The smallest absolute Gasteiger partial charge is 0.225 e. The lowest BCUT2D eigenvalue weighted by Crippen LogP contribution is -2.13. The highest BCUT2D eigenvalue weighted by Gasteiger charge is 2.07. The number of nitrogens with zero attached hydrogens (tertiary/aromatic N) is 2. The van der Waals surface area contributed by atoms with Gasteiger partial charge in [0.25, 0.3) is 0 Å². The maximum Gasteiger partial charge on any atom is 0.225 e. The molecule has 0 saturated carbocycles. The zero-order valence-electron chi connectivity index (χ0n) is 12.9. The fourth-order valence-corrected chi connectivity index (χ4v) is 2.01. The first-order valence-electron chi connectivity index (χ1n) is 7.48. The lowest BCUT2D eigenvalue weighted by atomic mass is 10.2. The Morgan fingerprint density at radius 1 is 1.27 bits per heavy atom. The fraction of sp³-hybridized carbons (Fsp3) is 0.375. The molecular weight excluding hydrogens is 278 g/mol. The minimum Gasteiger partial charge on any atom is -0.399 e. The topological polar surface area (TPSA) is 85.1 Å². The zero-order valence-corrected chi connectivity index (χ0v) is 12.9. The first-order chi connectivity index (χ1) is 10.7. The number of nitrogens with two attached hydrogens (primary N) is 1. The van der Waals surface area contributed by atoms with Gasteiger partial charge in [0.05, 0.1) is 12.1 Å². The summed E-state index contributed by atoms with van der Waals surface area (Å²) in [4.78, 5) is 8.98. The average Bonchev–Trinajstić information content (AvgIpc) is 2.53. The van der Waals surface area contributed by atoms with Gasteiger partial charge in [0, 0.05) is 30.8 Å². The Kier molecular flexibility index (Phi) is 5.97. The maximum absolute atomic E-state index is 5.87. The number of benzene rings is 1. The van der Waals surface area contributed by atoms with Crippen molar-refractivity contribution < 1.29 is 4.74 Å². The second kappa shape index (κ2) is 8.19. The van der Waals surface area contributed by atoms with Gasteiger partial charge in [-0.3, -0.25) is 0 Å². The van der Waals surface area contributed by atoms with Gasteiger partial charge in [-0.25, -0.2) is 4.98 Å². The van der Waals surface area contributed by atoms with Crippen LogP contribution in [0.15, 0.2) is 30.9 Å². The molecule has 0 radical (unpaired) electrons. The Bertz CT molecular complexity index is 629. The van der Waals surface area contributed by atoms with E-state index in [4.69, 9.17) is 10.5 Å². The molecule has 2 aromatic rings. The number of anilines is 3. The summed E-state index contributed by atoms with van der Waals surface area (Å²) >= 11 is 0. The molecule has 1 heterocycles. The summed E-state index contributed by atoms with van der Waals surface area (Å²) in [5.74, 6) is 1.32. The van der Waals surface area contributed by atoms with Gasteiger partial charge in [0.15, 0.2) is 0 Å². The number of ether oxygens (including phenoxy) is 1. The van der Waals surface area contributed by atoms with Crippen molar-refractivity contribution in [1.29, 1.82) is 0 Å². The molecule has 2 rings (SSSR count). The van der Waals surface area contributed by atoms with Crippen LogP contribution < -0.4 is 16.4 Å². The molecule has 118 valence electrons. The van der Waals surface area contributed by atoms with Crippen LogP contribution in [0.25, 0.3) is 10.9 Å². The SMILES string of the molecule is C=CCNc1nc(NCCOCCC)c2cc(N)ccc2n1. The molecule has 0 aliphatic heterocycles. The van der Waals surface area contributed by atoms with Crippen molar-refractivity contribution in [2.75, 3.05) is 42.7 Å². The number of nitrogen functional groups attached to an aromatic ring is 1. The normalized spacial score (nSPS) is 10.6. The number of hydrogen-bond donors (Lipinski definition) is 3. The quantitative estimate of drug-likeness (QED) is 0.375. The van der Waals surface area contributed by atoms with Crippen molar-refractivity contribution in [2.24, 2.45) is 0 Å². The standard InChI is InChI=1S/C16H23N5O/c1-3-7-19-16-20-14-6-5-12(17)11-13(14)15(21-16)18-8-10-22-9-4-2/h3,5-6,11H,1,4,7-10,17H2,2H3,(H2,18,19,20,21). The predicted octanol–water partition coefficient (Wildman–Crippen LogP) is 2.65. The maximum atomic E-state index is 5.87. The van der Waals surface area contributed by atoms with E-state index in [9.17, 15) is 0 Å². The van der Waals surface area contributed by atoms with Gasteiger partial charge < -0.3 is 21.1 Å². The van der Waals surface area contributed by atoms with Gasteiger partial charge in [-0.15, -0.1) is 6.58 Å². The van der Waals surface area contributed by atoms with Gasteiger partial charge in [-0.2, -0.15) is 4.98 Å². The van der Waals surface area contributed by atoms with Crippen LogP contribution in [-0.2, 0) is 4.74 Å². The molecule has 0 unspecified atom stereocenters. The van der Waals surface area contributed by atoms with Crippen molar-refractivity contribution in [3.05, 3.63) is 30.9 Å². The second-order valence-corrected chi connectivity index (χ2v) is 4.88. The summed E-state index contributed by atoms with van der Waals surface area (Å²) in [7, 11) is 0. The molecule has 0 amide bonds. The molecule has 0 spiro atoms. The molecule has 0 fully saturated rings. The highest BCUT2D eigenvalue weighted by Crippen LogP contribution is 2.24. The Hall–Kier alpha value is -2.34. The van der Waals surface area contributed by atoms with Crippen LogP contribution in [0.4, 0.5) is 17.5 Å². The summed E-state index contributed by atoms with van der Waals surface area (Å²) in [6.07, 6.45) is 2.78. The third kappa shape index (κ3) is 4.33. The summed E-state index contributed by atoms with van der Waals surface area (Å²) in [6.45, 7) is 8.47. The van der Waals surface area contributed by atoms with Crippen LogP contribution in [0.3, 0.4) is 0 Å². The molecule has 1 aromatic carbocycles. The predicted molar refractivity (Wildman–Crippen MR) is 92.2 cm³/mol. The largest absolute Gasteiger partial charge is 0.399 e. The second-order valence-electron chi connectivity index (χ2n) is 4.88. The molecule has 0 bridgehead atoms. The molecule has 22 heavy (non-hydrogen) atoms. The molecule has 0 aliphatic carbocycles. The Balaban J connectivity index is 2.19. The third-order valence-corrected chi connectivity index (χ3v) is 3.01. The van der Waals surface area contributed by atoms with Crippen molar-refractivity contribution in [1.82, 2.24) is 9.97 Å². The van der Waals surface area contributed by atoms with Crippen molar-refractivity contribution in [3.8, 4) is 0 Å². The van der Waals surface area contributed by atoms with E-state index in [2.05, 4.69) is 34.1 Å². The van der Waals surface area contributed by atoms with Gasteiger partial charge in [0.2, 0.25) is 5.95 Å². The summed E-state index contributed by atoms with van der Waals surface area (Å²) in [6, 6.07) is 5.60. The third-order valence-electron chi connectivity index (χ3n) is 3.01. The van der Waals surface area contributed by atoms with Gasteiger partial charge in [-0.1, -0.05) is 13.0 Å². The molecule has 1 aromatic heterocycles. The number of rotatable bonds is 9. The highest BCUT2D eigenvalue weighted by atomic mass is 16.5. The molecule has 0 atom stereocenters. The first-order valence-corrected chi connectivity index (χ1v) is 7.48. The van der Waals surface area contributed by atoms with E-state index in [1.54, 1.807) is 6.08 Å². The van der Waals surface area contributed by atoms with Crippen LogP contribution in [-0.4, -0.2) is 36.3 Å². The Morgan fingerprint density at radius 3 is 2.91 bits per heavy atom. The van der Waals surface area contributed by atoms with E-state index >= 15 is 0 Å². The van der Waals surface area contributed by atoms with Gasteiger partial charge in [-0.05, 0) is 24.6 Å².